The molecule has 0 aliphatic carbocycles. The first kappa shape index (κ1) is 32.7. The van der Waals surface area contributed by atoms with E-state index in [-0.39, 0.29) is 23.5 Å². The molecule has 0 unspecified atom stereocenters. The molecule has 2 amide bonds. The van der Waals surface area contributed by atoms with Crippen molar-refractivity contribution in [2.45, 2.75) is 50.2 Å². The van der Waals surface area contributed by atoms with Gasteiger partial charge >= 0.3 is 0 Å². The Bertz CT molecular complexity index is 1700. The SMILES string of the molecule is CC(C)(C)NC(=O)[C@@H](Cc1ccccc1)N(Cc1cccc(Cl)c1)C(=O)CN(c1ccccc1F)S(=O)(=O)c1ccccc1. The van der Waals surface area contributed by atoms with E-state index in [1.165, 1.54) is 35.2 Å². The maximum atomic E-state index is 15.2. The van der Waals surface area contributed by atoms with Gasteiger partial charge in [0, 0.05) is 23.5 Å². The lowest BCUT2D eigenvalue weighted by Crippen LogP contribution is -2.56. The van der Waals surface area contributed by atoms with Crippen LogP contribution in [-0.4, -0.2) is 43.3 Å². The first-order valence-electron chi connectivity index (χ1n) is 14.1. The van der Waals surface area contributed by atoms with Crippen molar-refractivity contribution in [1.29, 1.82) is 0 Å². The van der Waals surface area contributed by atoms with Gasteiger partial charge in [-0.25, -0.2) is 12.8 Å². The van der Waals surface area contributed by atoms with E-state index in [0.717, 1.165) is 15.9 Å². The van der Waals surface area contributed by atoms with Crippen LogP contribution in [0.3, 0.4) is 0 Å². The number of hydrogen-bond donors (Lipinski definition) is 1. The Morgan fingerprint density at radius 3 is 2.05 bits per heavy atom. The van der Waals surface area contributed by atoms with E-state index < -0.39 is 45.8 Å². The third-order valence-electron chi connectivity index (χ3n) is 6.74. The van der Waals surface area contributed by atoms with Crippen LogP contribution in [0.4, 0.5) is 10.1 Å². The van der Waals surface area contributed by atoms with Crippen molar-refractivity contribution in [3.8, 4) is 0 Å². The van der Waals surface area contributed by atoms with Crippen LogP contribution in [0.15, 0.2) is 114 Å². The smallest absolute Gasteiger partial charge is 0.264 e. The third kappa shape index (κ3) is 8.45. The zero-order chi connectivity index (χ0) is 31.9. The normalized spacial score (nSPS) is 12.3. The van der Waals surface area contributed by atoms with E-state index in [0.29, 0.717) is 10.6 Å². The number of sulfonamides is 1. The second kappa shape index (κ2) is 14.1. The van der Waals surface area contributed by atoms with E-state index in [1.807, 2.05) is 51.1 Å². The molecule has 0 heterocycles. The Balaban J connectivity index is 1.82. The minimum atomic E-state index is -4.39. The van der Waals surface area contributed by atoms with E-state index >= 15 is 4.39 Å². The molecule has 1 N–H and O–H groups in total. The molecule has 0 spiro atoms. The first-order valence-corrected chi connectivity index (χ1v) is 15.9. The molecule has 0 bridgehead atoms. The highest BCUT2D eigenvalue weighted by atomic mass is 35.5. The van der Waals surface area contributed by atoms with Gasteiger partial charge in [-0.1, -0.05) is 84.4 Å². The van der Waals surface area contributed by atoms with Gasteiger partial charge in [0.2, 0.25) is 11.8 Å². The summed E-state index contributed by atoms with van der Waals surface area (Å²) >= 11 is 6.26. The summed E-state index contributed by atoms with van der Waals surface area (Å²) < 4.78 is 43.8. The summed E-state index contributed by atoms with van der Waals surface area (Å²) in [6, 6.07) is 27.9. The van der Waals surface area contributed by atoms with E-state index in [9.17, 15) is 18.0 Å². The summed E-state index contributed by atoms with van der Waals surface area (Å²) in [5.41, 5.74) is 0.530. The number of benzene rings is 4. The Kier molecular flexibility index (Phi) is 10.4. The molecular formula is C34H35ClFN3O4S. The second-order valence-electron chi connectivity index (χ2n) is 11.4. The monoisotopic (exact) mass is 635 g/mol. The van der Waals surface area contributed by atoms with Crippen LogP contribution in [0.5, 0.6) is 0 Å². The molecule has 0 aromatic heterocycles. The number of nitrogens with zero attached hydrogens (tertiary/aromatic N) is 2. The molecule has 0 saturated carbocycles. The van der Waals surface area contributed by atoms with E-state index in [4.69, 9.17) is 11.6 Å². The van der Waals surface area contributed by atoms with Crippen molar-refractivity contribution in [1.82, 2.24) is 10.2 Å². The highest BCUT2D eigenvalue weighted by molar-refractivity contribution is 7.92. The van der Waals surface area contributed by atoms with Crippen molar-refractivity contribution in [3.05, 3.63) is 131 Å². The maximum Gasteiger partial charge on any atom is 0.264 e. The number of nitrogens with one attached hydrogen (secondary N) is 1. The Morgan fingerprint density at radius 2 is 1.43 bits per heavy atom. The average molecular weight is 636 g/mol. The molecule has 0 aliphatic heterocycles. The molecule has 1 atom stereocenters. The highest BCUT2D eigenvalue weighted by Crippen LogP contribution is 2.27. The quantitative estimate of drug-likeness (QED) is 0.212. The summed E-state index contributed by atoms with van der Waals surface area (Å²) in [6.45, 7) is 4.69. The van der Waals surface area contributed by atoms with Gasteiger partial charge in [0.15, 0.2) is 0 Å². The summed E-state index contributed by atoms with van der Waals surface area (Å²) in [7, 11) is -4.39. The molecule has 0 fully saturated rings. The van der Waals surface area contributed by atoms with Gasteiger partial charge in [0.1, 0.15) is 18.4 Å². The Hall–Kier alpha value is -4.21. The Morgan fingerprint density at radius 1 is 0.841 bits per heavy atom. The standard InChI is InChI=1S/C34H35ClFN3O4S/c1-34(2,3)37-33(41)31(22-25-13-6-4-7-14-25)38(23-26-15-12-16-27(35)21-26)32(40)24-39(30-20-11-10-19-29(30)36)44(42,43)28-17-8-5-9-18-28/h4-21,31H,22-24H2,1-3H3,(H,37,41)/t31-/m1/s1. The second-order valence-corrected chi connectivity index (χ2v) is 13.7. The molecule has 44 heavy (non-hydrogen) atoms. The number of hydrogen-bond acceptors (Lipinski definition) is 4. The number of para-hydroxylation sites is 1. The molecule has 4 aromatic rings. The van der Waals surface area contributed by atoms with Crippen LogP contribution >= 0.6 is 11.6 Å². The van der Waals surface area contributed by atoms with Crippen molar-refractivity contribution in [2.75, 3.05) is 10.8 Å². The topological polar surface area (TPSA) is 86.8 Å². The minimum Gasteiger partial charge on any atom is -0.350 e. The lowest BCUT2D eigenvalue weighted by molar-refractivity contribution is -0.140. The van der Waals surface area contributed by atoms with Crippen molar-refractivity contribution >= 4 is 39.1 Å². The van der Waals surface area contributed by atoms with Gasteiger partial charge in [-0.2, -0.15) is 0 Å². The number of anilines is 1. The average Bonchev–Trinajstić information content (AvgIpc) is 2.98. The predicted molar refractivity (Wildman–Crippen MR) is 171 cm³/mol. The molecule has 10 heteroatoms. The van der Waals surface area contributed by atoms with Gasteiger partial charge in [-0.3, -0.25) is 13.9 Å². The molecule has 230 valence electrons. The molecular weight excluding hydrogens is 601 g/mol. The fourth-order valence-corrected chi connectivity index (χ4v) is 6.38. The van der Waals surface area contributed by atoms with Crippen LogP contribution < -0.4 is 9.62 Å². The predicted octanol–water partition coefficient (Wildman–Crippen LogP) is 6.23. The molecule has 0 aliphatic rings. The van der Waals surface area contributed by atoms with E-state index in [1.54, 1.807) is 42.5 Å². The van der Waals surface area contributed by atoms with Gasteiger partial charge in [0.05, 0.1) is 10.6 Å². The largest absolute Gasteiger partial charge is 0.350 e. The molecule has 0 saturated heterocycles. The van der Waals surface area contributed by atoms with Crippen molar-refractivity contribution < 1.29 is 22.4 Å². The maximum absolute atomic E-state index is 15.2. The van der Waals surface area contributed by atoms with Crippen molar-refractivity contribution in [2.24, 2.45) is 0 Å². The van der Waals surface area contributed by atoms with Crippen molar-refractivity contribution in [3.63, 3.8) is 0 Å². The van der Waals surface area contributed by atoms with E-state index in [2.05, 4.69) is 5.32 Å². The number of carbonyl (C=O) groups is 2. The molecule has 4 aromatic carbocycles. The summed E-state index contributed by atoms with van der Waals surface area (Å²) in [5.74, 6) is -1.93. The van der Waals surface area contributed by atoms with Gasteiger partial charge in [-0.15, -0.1) is 0 Å². The Labute approximate surface area is 263 Å². The van der Waals surface area contributed by atoms with Crippen LogP contribution in [0.1, 0.15) is 31.9 Å². The summed E-state index contributed by atoms with van der Waals surface area (Å²) in [6.07, 6.45) is 0.153. The third-order valence-corrected chi connectivity index (χ3v) is 8.75. The molecule has 0 radical (unpaired) electrons. The van der Waals surface area contributed by atoms with Crippen LogP contribution in [0, 0.1) is 5.82 Å². The summed E-state index contributed by atoms with van der Waals surface area (Å²) in [4.78, 5) is 29.5. The van der Waals surface area contributed by atoms with Gasteiger partial charge in [0.25, 0.3) is 10.0 Å². The highest BCUT2D eigenvalue weighted by Gasteiger charge is 2.36. The lowest BCUT2D eigenvalue weighted by atomic mass is 10.0. The summed E-state index contributed by atoms with van der Waals surface area (Å²) in [5, 5.41) is 3.41. The number of halogens is 2. The van der Waals surface area contributed by atoms with Gasteiger partial charge < -0.3 is 10.2 Å². The lowest BCUT2D eigenvalue weighted by Gasteiger charge is -2.35. The van der Waals surface area contributed by atoms with Crippen LogP contribution in [0.25, 0.3) is 0 Å². The fourth-order valence-electron chi connectivity index (χ4n) is 4.73. The first-order chi connectivity index (χ1) is 20.8. The van der Waals surface area contributed by atoms with Crippen LogP contribution in [0.2, 0.25) is 5.02 Å². The zero-order valence-electron chi connectivity index (χ0n) is 24.8. The number of amides is 2. The molecule has 4 rings (SSSR count). The van der Waals surface area contributed by atoms with Crippen LogP contribution in [-0.2, 0) is 32.6 Å². The fraction of sp³-hybridized carbons (Fsp3) is 0.235. The number of carbonyl (C=O) groups excluding carboxylic acids is 2. The van der Waals surface area contributed by atoms with Gasteiger partial charge in [-0.05, 0) is 68.3 Å². The number of rotatable bonds is 11. The molecule has 7 nitrogen and oxygen atoms in total. The minimum absolute atomic E-state index is 0.0506. The zero-order valence-corrected chi connectivity index (χ0v) is 26.4.